The molecule has 0 spiro atoms. The predicted octanol–water partition coefficient (Wildman–Crippen LogP) is -0.156. The van der Waals surface area contributed by atoms with E-state index in [0.717, 1.165) is 4.68 Å². The highest BCUT2D eigenvalue weighted by molar-refractivity contribution is 5.98. The Kier molecular flexibility index (Phi) is 5.04. The Morgan fingerprint density at radius 3 is 2.57 bits per heavy atom. The second-order valence-electron chi connectivity index (χ2n) is 6.86. The molecule has 10 heteroatoms. The molecule has 3 rings (SSSR count). The Labute approximate surface area is 159 Å². The molecule has 3 N–H and O–H groups in total. The summed E-state index contributed by atoms with van der Waals surface area (Å²) in [6.07, 6.45) is 0.646. The maximum Gasteiger partial charge on any atom is 0.352 e. The number of benzene rings is 1. The van der Waals surface area contributed by atoms with Crippen molar-refractivity contribution in [1.29, 1.82) is 0 Å². The molecule has 0 fully saturated rings. The number of nitrogens with two attached hydrogens (primary N) is 1. The second kappa shape index (κ2) is 7.29. The third-order valence-electron chi connectivity index (χ3n) is 4.21. The minimum absolute atomic E-state index is 0.0678. The number of nitrogens with one attached hydrogen (secondary N) is 1. The average Bonchev–Trinajstić information content (AvgIpc) is 2.93. The molecule has 0 saturated heterocycles. The molecule has 0 atom stereocenters. The van der Waals surface area contributed by atoms with Crippen LogP contribution in [0.15, 0.2) is 27.8 Å². The molecule has 1 aromatic carbocycles. The topological polar surface area (TPSA) is 133 Å². The summed E-state index contributed by atoms with van der Waals surface area (Å²) in [5, 5.41) is 7.19. The molecule has 3 aromatic rings. The first-order chi connectivity index (χ1) is 13.2. The van der Waals surface area contributed by atoms with Crippen LogP contribution in [0.25, 0.3) is 16.7 Å². The normalized spacial score (nSPS) is 11.4. The van der Waals surface area contributed by atoms with Gasteiger partial charge in [-0.25, -0.2) is 13.9 Å². The van der Waals surface area contributed by atoms with Crippen LogP contribution in [0, 0.1) is 0 Å². The maximum atomic E-state index is 12.9. The van der Waals surface area contributed by atoms with Crippen LogP contribution in [0.4, 0.5) is 0 Å². The van der Waals surface area contributed by atoms with E-state index < -0.39 is 18.1 Å². The van der Waals surface area contributed by atoms with Crippen LogP contribution in [0.5, 0.6) is 0 Å². The van der Waals surface area contributed by atoms with Gasteiger partial charge in [0.15, 0.2) is 0 Å². The van der Waals surface area contributed by atoms with Gasteiger partial charge in [0, 0.05) is 18.2 Å². The number of carbonyl (C=O) groups excluding carboxylic acids is 2. The number of nitrogens with zero attached hydrogens (tertiary/aromatic N) is 4. The summed E-state index contributed by atoms with van der Waals surface area (Å²) in [6.45, 7) is 5.50. The molecule has 2 aromatic heterocycles. The number of carbonyl (C=O) groups is 2. The van der Waals surface area contributed by atoms with Crippen LogP contribution in [0.1, 0.15) is 37.6 Å². The van der Waals surface area contributed by atoms with Crippen molar-refractivity contribution in [3.8, 4) is 0 Å². The minimum atomic E-state index is -0.726. The summed E-state index contributed by atoms with van der Waals surface area (Å²) < 4.78 is 3.54. The quantitative estimate of drug-likeness (QED) is 0.607. The highest BCUT2D eigenvalue weighted by atomic mass is 16.2. The lowest BCUT2D eigenvalue weighted by molar-refractivity contribution is -0.118. The van der Waals surface area contributed by atoms with E-state index in [1.54, 1.807) is 6.07 Å². The molecule has 0 aliphatic heterocycles. The Bertz CT molecular complexity index is 1200. The summed E-state index contributed by atoms with van der Waals surface area (Å²) >= 11 is 0. The standard InChI is InChI=1S/C18H22N6O4/c1-4-7-22-16(27)12-6-5-11(15(26)20-10(2)3)8-13(12)24-17(22)21-23(18(24)28)9-14(19)25/h5-6,8,10H,4,7,9H2,1-3H3,(H2,19,25)(H,20,26). The lowest BCUT2D eigenvalue weighted by Crippen LogP contribution is -2.31. The number of aromatic nitrogens is 4. The van der Waals surface area contributed by atoms with Crippen molar-refractivity contribution in [3.63, 3.8) is 0 Å². The Hall–Kier alpha value is -3.43. The van der Waals surface area contributed by atoms with Crippen molar-refractivity contribution in [2.75, 3.05) is 0 Å². The fourth-order valence-electron chi connectivity index (χ4n) is 3.08. The van der Waals surface area contributed by atoms with E-state index in [0.29, 0.717) is 18.5 Å². The van der Waals surface area contributed by atoms with Gasteiger partial charge >= 0.3 is 5.69 Å². The lowest BCUT2D eigenvalue weighted by Gasteiger charge is -2.11. The zero-order valence-electron chi connectivity index (χ0n) is 15.9. The summed E-state index contributed by atoms with van der Waals surface area (Å²) in [6, 6.07) is 4.48. The highest BCUT2D eigenvalue weighted by Crippen LogP contribution is 2.14. The molecule has 0 unspecified atom stereocenters. The van der Waals surface area contributed by atoms with E-state index in [2.05, 4.69) is 10.4 Å². The van der Waals surface area contributed by atoms with E-state index in [-0.39, 0.29) is 34.2 Å². The molecule has 2 heterocycles. The van der Waals surface area contributed by atoms with Gasteiger partial charge in [0.2, 0.25) is 11.7 Å². The highest BCUT2D eigenvalue weighted by Gasteiger charge is 2.19. The van der Waals surface area contributed by atoms with Gasteiger partial charge in [0.25, 0.3) is 11.5 Å². The van der Waals surface area contributed by atoms with Crippen LogP contribution < -0.4 is 22.3 Å². The smallest absolute Gasteiger partial charge is 0.352 e. The molecule has 0 saturated carbocycles. The molecule has 0 radical (unpaired) electrons. The molecular weight excluding hydrogens is 364 g/mol. The first kappa shape index (κ1) is 19.3. The van der Waals surface area contributed by atoms with Crippen molar-refractivity contribution in [2.45, 2.75) is 46.3 Å². The molecular formula is C18H22N6O4. The Morgan fingerprint density at radius 1 is 1.25 bits per heavy atom. The van der Waals surface area contributed by atoms with Gasteiger partial charge in [-0.1, -0.05) is 6.92 Å². The van der Waals surface area contributed by atoms with Gasteiger partial charge in [-0.05, 0) is 38.5 Å². The number of aryl methyl sites for hydroxylation is 1. The van der Waals surface area contributed by atoms with Crippen molar-refractivity contribution >= 4 is 28.5 Å². The third-order valence-corrected chi connectivity index (χ3v) is 4.21. The van der Waals surface area contributed by atoms with Crippen LogP contribution >= 0.6 is 0 Å². The van der Waals surface area contributed by atoms with Gasteiger partial charge in [-0.2, -0.15) is 0 Å². The van der Waals surface area contributed by atoms with Crippen LogP contribution in [0.2, 0.25) is 0 Å². The van der Waals surface area contributed by atoms with E-state index >= 15 is 0 Å². The van der Waals surface area contributed by atoms with Gasteiger partial charge in [-0.15, -0.1) is 5.10 Å². The first-order valence-electron chi connectivity index (χ1n) is 8.99. The predicted molar refractivity (Wildman–Crippen MR) is 103 cm³/mol. The molecule has 28 heavy (non-hydrogen) atoms. The number of fused-ring (bicyclic) bond motifs is 3. The lowest BCUT2D eigenvalue weighted by atomic mass is 10.1. The van der Waals surface area contributed by atoms with Crippen molar-refractivity contribution in [2.24, 2.45) is 5.73 Å². The summed E-state index contributed by atoms with van der Waals surface area (Å²) in [5.41, 5.74) is 4.83. The van der Waals surface area contributed by atoms with Crippen molar-refractivity contribution in [3.05, 3.63) is 44.6 Å². The minimum Gasteiger partial charge on any atom is -0.368 e. The molecule has 0 aliphatic rings. The van der Waals surface area contributed by atoms with Crippen LogP contribution in [-0.2, 0) is 17.9 Å². The van der Waals surface area contributed by atoms with Gasteiger partial charge < -0.3 is 11.1 Å². The first-order valence-corrected chi connectivity index (χ1v) is 8.99. The van der Waals surface area contributed by atoms with Gasteiger partial charge in [-0.3, -0.25) is 19.0 Å². The molecule has 10 nitrogen and oxygen atoms in total. The largest absolute Gasteiger partial charge is 0.368 e. The number of amides is 2. The maximum absolute atomic E-state index is 12.9. The van der Waals surface area contributed by atoms with E-state index in [1.165, 1.54) is 21.1 Å². The number of hydrogen-bond donors (Lipinski definition) is 2. The second-order valence-corrected chi connectivity index (χ2v) is 6.86. The summed E-state index contributed by atoms with van der Waals surface area (Å²) in [4.78, 5) is 49.4. The Morgan fingerprint density at radius 2 is 1.96 bits per heavy atom. The fraction of sp³-hybridized carbons (Fsp3) is 0.389. The summed E-state index contributed by atoms with van der Waals surface area (Å²) in [5.74, 6) is -0.941. The van der Waals surface area contributed by atoms with Gasteiger partial charge in [0.1, 0.15) is 6.54 Å². The van der Waals surface area contributed by atoms with Gasteiger partial charge in [0.05, 0.1) is 10.9 Å². The molecule has 148 valence electrons. The zero-order valence-corrected chi connectivity index (χ0v) is 15.9. The SMILES string of the molecule is CCCn1c(=O)c2ccc(C(=O)NC(C)C)cc2n2c(=O)n(CC(N)=O)nc12. The van der Waals surface area contributed by atoms with Crippen molar-refractivity contribution < 1.29 is 9.59 Å². The van der Waals surface area contributed by atoms with Crippen LogP contribution in [-0.4, -0.2) is 36.6 Å². The number of hydrogen-bond acceptors (Lipinski definition) is 5. The van der Waals surface area contributed by atoms with E-state index in [1.807, 2.05) is 20.8 Å². The fourth-order valence-corrected chi connectivity index (χ4v) is 3.08. The third kappa shape index (κ3) is 3.28. The average molecular weight is 386 g/mol. The zero-order chi connectivity index (χ0) is 20.6. The van der Waals surface area contributed by atoms with Crippen molar-refractivity contribution in [1.82, 2.24) is 24.1 Å². The molecule has 0 aliphatic carbocycles. The number of primary amides is 1. The Balaban J connectivity index is 2.38. The summed E-state index contributed by atoms with van der Waals surface area (Å²) in [7, 11) is 0. The molecule has 2 amide bonds. The monoisotopic (exact) mass is 386 g/mol. The van der Waals surface area contributed by atoms with Crippen LogP contribution in [0.3, 0.4) is 0 Å². The van der Waals surface area contributed by atoms with E-state index in [9.17, 15) is 19.2 Å². The number of rotatable bonds is 6. The molecule has 0 bridgehead atoms. The van der Waals surface area contributed by atoms with E-state index in [4.69, 9.17) is 5.73 Å².